The highest BCUT2D eigenvalue weighted by Crippen LogP contribution is 2.36. The molecule has 0 N–H and O–H groups in total. The number of carbonyl (C=O) groups excluding carboxylic acids is 3. The molecule has 2 bridgehead atoms. The molecule has 3 aliphatic heterocycles. The monoisotopic (exact) mass is 449 g/mol. The van der Waals surface area contributed by atoms with Crippen molar-refractivity contribution >= 4 is 23.5 Å². The van der Waals surface area contributed by atoms with Crippen molar-refractivity contribution in [3.63, 3.8) is 0 Å². The number of nitrogens with zero attached hydrogens (tertiary/aromatic N) is 3. The number of likely N-dealkylation sites (tertiary alicyclic amines) is 1. The van der Waals surface area contributed by atoms with Crippen molar-refractivity contribution in [2.45, 2.75) is 32.2 Å². The van der Waals surface area contributed by atoms with E-state index in [4.69, 9.17) is 4.74 Å². The Hall–Kier alpha value is -3.42. The molecule has 1 unspecified atom stereocenters. The summed E-state index contributed by atoms with van der Waals surface area (Å²) in [6.45, 7) is 4.22. The van der Waals surface area contributed by atoms with Gasteiger partial charge in [-0.2, -0.15) is 0 Å². The predicted octanol–water partition coefficient (Wildman–Crippen LogP) is 2.02. The zero-order valence-electron chi connectivity index (χ0n) is 18.6. The number of ether oxygens (including phenoxy) is 1. The van der Waals surface area contributed by atoms with Crippen molar-refractivity contribution in [1.82, 2.24) is 9.47 Å². The lowest BCUT2D eigenvalue weighted by Gasteiger charge is -2.43. The van der Waals surface area contributed by atoms with Crippen LogP contribution in [0.3, 0.4) is 0 Å². The van der Waals surface area contributed by atoms with Crippen LogP contribution in [-0.4, -0.2) is 53.5 Å². The Morgan fingerprint density at radius 3 is 2.55 bits per heavy atom. The molecule has 8 nitrogen and oxygen atoms in total. The maximum absolute atomic E-state index is 13.4. The van der Waals surface area contributed by atoms with Gasteiger partial charge in [-0.1, -0.05) is 6.07 Å². The summed E-state index contributed by atoms with van der Waals surface area (Å²) in [6.07, 6.45) is 1.16. The number of esters is 1. The van der Waals surface area contributed by atoms with Crippen molar-refractivity contribution in [3.05, 3.63) is 64.1 Å². The van der Waals surface area contributed by atoms with E-state index in [2.05, 4.69) is 0 Å². The summed E-state index contributed by atoms with van der Waals surface area (Å²) < 4.78 is 6.85. The number of anilines is 1. The molecule has 0 aliphatic carbocycles. The second kappa shape index (κ2) is 8.50. The third-order valence-corrected chi connectivity index (χ3v) is 6.96. The van der Waals surface area contributed by atoms with Gasteiger partial charge in [0.2, 0.25) is 11.8 Å². The molecule has 4 heterocycles. The number of aromatic nitrogens is 1. The van der Waals surface area contributed by atoms with Gasteiger partial charge in [0.15, 0.2) is 0 Å². The predicted molar refractivity (Wildman–Crippen MR) is 121 cm³/mol. The zero-order chi connectivity index (χ0) is 23.1. The molecule has 0 radical (unpaired) electrons. The van der Waals surface area contributed by atoms with Crippen molar-refractivity contribution < 1.29 is 19.1 Å². The number of fused-ring (bicyclic) bond motifs is 4. The largest absolute Gasteiger partial charge is 0.462 e. The highest BCUT2D eigenvalue weighted by molar-refractivity contribution is 6.00. The van der Waals surface area contributed by atoms with Crippen LogP contribution >= 0.6 is 0 Å². The third kappa shape index (κ3) is 3.94. The lowest BCUT2D eigenvalue weighted by molar-refractivity contribution is -0.138. The highest BCUT2D eigenvalue weighted by atomic mass is 16.5. The molecule has 172 valence electrons. The van der Waals surface area contributed by atoms with Crippen LogP contribution in [0.15, 0.2) is 47.3 Å². The van der Waals surface area contributed by atoms with Gasteiger partial charge < -0.3 is 19.1 Å². The van der Waals surface area contributed by atoms with E-state index >= 15 is 0 Å². The number of benzene rings is 1. The Kier molecular flexibility index (Phi) is 5.52. The second-order valence-electron chi connectivity index (χ2n) is 9.11. The minimum atomic E-state index is -0.399. The van der Waals surface area contributed by atoms with E-state index in [1.807, 2.05) is 15.5 Å². The average molecular weight is 450 g/mol. The Morgan fingerprint density at radius 1 is 1.00 bits per heavy atom. The van der Waals surface area contributed by atoms with Gasteiger partial charge in [-0.15, -0.1) is 0 Å². The smallest absolute Gasteiger partial charge is 0.338 e. The van der Waals surface area contributed by atoms with Gasteiger partial charge in [0.05, 0.1) is 18.1 Å². The number of hydrogen-bond donors (Lipinski definition) is 0. The molecule has 3 atom stereocenters. The number of rotatable bonds is 4. The molecule has 2 fully saturated rings. The Bertz CT molecular complexity index is 1160. The van der Waals surface area contributed by atoms with Crippen molar-refractivity contribution in [1.29, 1.82) is 0 Å². The SMILES string of the molecule is CCOC(=O)c1ccc(N2CC(C(=O)N3C[C@H]4C[C@@H](C3)c3cccc(=O)n3C4)CC2=O)cc1. The molecular formula is C25H27N3O5. The summed E-state index contributed by atoms with van der Waals surface area (Å²) in [5.41, 5.74) is 2.13. The van der Waals surface area contributed by atoms with Gasteiger partial charge in [-0.3, -0.25) is 14.4 Å². The van der Waals surface area contributed by atoms with Crippen molar-refractivity contribution in [3.8, 4) is 0 Å². The minimum Gasteiger partial charge on any atom is -0.462 e. The molecule has 0 saturated carbocycles. The average Bonchev–Trinajstić information content (AvgIpc) is 3.21. The number of amides is 2. The molecular weight excluding hydrogens is 422 g/mol. The van der Waals surface area contributed by atoms with E-state index in [0.717, 1.165) is 12.1 Å². The topological polar surface area (TPSA) is 88.9 Å². The Morgan fingerprint density at radius 2 is 1.79 bits per heavy atom. The summed E-state index contributed by atoms with van der Waals surface area (Å²) in [5, 5.41) is 0. The summed E-state index contributed by atoms with van der Waals surface area (Å²) in [4.78, 5) is 53.7. The van der Waals surface area contributed by atoms with Gasteiger partial charge in [-0.05, 0) is 49.6 Å². The van der Waals surface area contributed by atoms with Crippen LogP contribution in [0.4, 0.5) is 5.69 Å². The van der Waals surface area contributed by atoms with E-state index in [9.17, 15) is 19.2 Å². The Balaban J connectivity index is 1.28. The fourth-order valence-electron chi connectivity index (χ4n) is 5.45. The number of pyridine rings is 1. The van der Waals surface area contributed by atoms with E-state index in [-0.39, 0.29) is 41.5 Å². The van der Waals surface area contributed by atoms with Gasteiger partial charge in [0.1, 0.15) is 0 Å². The van der Waals surface area contributed by atoms with Gasteiger partial charge in [0.25, 0.3) is 5.56 Å². The first-order chi connectivity index (χ1) is 15.9. The number of hydrogen-bond acceptors (Lipinski definition) is 5. The lowest BCUT2D eigenvalue weighted by Crippen LogP contribution is -2.50. The van der Waals surface area contributed by atoms with Gasteiger partial charge in [0, 0.05) is 56.0 Å². The molecule has 3 aliphatic rings. The first-order valence-electron chi connectivity index (χ1n) is 11.5. The molecule has 0 spiro atoms. The van der Waals surface area contributed by atoms with Crippen molar-refractivity contribution in [2.75, 3.05) is 31.1 Å². The fraction of sp³-hybridized carbons (Fsp3) is 0.440. The van der Waals surface area contributed by atoms with Crippen LogP contribution in [0.2, 0.25) is 0 Å². The van der Waals surface area contributed by atoms with E-state index in [1.54, 1.807) is 48.2 Å². The third-order valence-electron chi connectivity index (χ3n) is 6.96. The standard InChI is InChI=1S/C25H27N3O5/c1-2-33-25(32)17-6-8-20(9-7-17)27-15-19(11-23(27)30)24(31)26-12-16-10-18(14-26)21-4-3-5-22(29)28(21)13-16/h3-9,16,18-19H,2,10-15H2,1H3/t16-,18+,19?/m1/s1. The van der Waals surface area contributed by atoms with Gasteiger partial charge in [-0.25, -0.2) is 4.79 Å². The quantitative estimate of drug-likeness (QED) is 0.667. The summed E-state index contributed by atoms with van der Waals surface area (Å²) in [6, 6.07) is 12.1. The lowest BCUT2D eigenvalue weighted by atomic mass is 9.82. The Labute approximate surface area is 191 Å². The van der Waals surface area contributed by atoms with Crippen LogP contribution in [0, 0.1) is 11.8 Å². The molecule has 2 saturated heterocycles. The summed E-state index contributed by atoms with van der Waals surface area (Å²) in [5.74, 6) is -0.465. The number of piperidine rings is 1. The summed E-state index contributed by atoms with van der Waals surface area (Å²) >= 11 is 0. The fourth-order valence-corrected chi connectivity index (χ4v) is 5.45. The van der Waals surface area contributed by atoms with Crippen LogP contribution in [0.5, 0.6) is 0 Å². The first kappa shape index (κ1) is 21.4. The summed E-state index contributed by atoms with van der Waals surface area (Å²) in [7, 11) is 0. The number of carbonyl (C=O) groups is 3. The van der Waals surface area contributed by atoms with Crippen LogP contribution in [-0.2, 0) is 20.9 Å². The first-order valence-corrected chi connectivity index (χ1v) is 11.5. The molecule has 2 aromatic rings. The van der Waals surface area contributed by atoms with E-state index < -0.39 is 5.97 Å². The maximum Gasteiger partial charge on any atom is 0.338 e. The maximum atomic E-state index is 13.4. The van der Waals surface area contributed by atoms with E-state index in [0.29, 0.717) is 44.0 Å². The van der Waals surface area contributed by atoms with Crippen LogP contribution in [0.25, 0.3) is 0 Å². The zero-order valence-corrected chi connectivity index (χ0v) is 18.6. The second-order valence-corrected chi connectivity index (χ2v) is 9.11. The molecule has 5 rings (SSSR count). The van der Waals surface area contributed by atoms with Crippen LogP contribution < -0.4 is 10.5 Å². The minimum absolute atomic E-state index is 0.00965. The molecule has 8 heteroatoms. The van der Waals surface area contributed by atoms with Crippen molar-refractivity contribution in [2.24, 2.45) is 11.8 Å². The molecule has 1 aromatic heterocycles. The highest BCUT2D eigenvalue weighted by Gasteiger charge is 2.41. The van der Waals surface area contributed by atoms with Crippen LogP contribution in [0.1, 0.15) is 41.7 Å². The van der Waals surface area contributed by atoms with Gasteiger partial charge >= 0.3 is 5.97 Å². The molecule has 2 amide bonds. The molecule has 1 aromatic carbocycles. The normalized spacial score (nSPS) is 23.9. The molecule has 33 heavy (non-hydrogen) atoms. The van der Waals surface area contributed by atoms with E-state index in [1.165, 1.54) is 0 Å².